The van der Waals surface area contributed by atoms with Crippen LogP contribution >= 0.6 is 11.6 Å². The van der Waals surface area contributed by atoms with Gasteiger partial charge < -0.3 is 4.74 Å². The molecule has 4 rings (SSSR count). The van der Waals surface area contributed by atoms with Crippen molar-refractivity contribution in [2.75, 3.05) is 19.7 Å². The summed E-state index contributed by atoms with van der Waals surface area (Å²) in [6.45, 7) is 4.89. The van der Waals surface area contributed by atoms with Crippen LogP contribution in [0.3, 0.4) is 0 Å². The molecule has 1 saturated heterocycles. The molecule has 31 heavy (non-hydrogen) atoms. The minimum Gasteiger partial charge on any atom is -0.493 e. The van der Waals surface area contributed by atoms with Crippen LogP contribution in [0.25, 0.3) is 0 Å². The predicted octanol–water partition coefficient (Wildman–Crippen LogP) is 6.96. The van der Waals surface area contributed by atoms with Crippen LogP contribution in [0.2, 0.25) is 5.02 Å². The van der Waals surface area contributed by atoms with Gasteiger partial charge in [-0.1, -0.05) is 30.2 Å². The van der Waals surface area contributed by atoms with Crippen molar-refractivity contribution in [2.45, 2.75) is 56.7 Å². The summed E-state index contributed by atoms with van der Waals surface area (Å²) in [6.07, 6.45) is 1.52. The second kappa shape index (κ2) is 9.03. The molecule has 2 atom stereocenters. The first-order chi connectivity index (χ1) is 14.8. The van der Waals surface area contributed by atoms with E-state index in [4.69, 9.17) is 16.3 Å². The van der Waals surface area contributed by atoms with E-state index < -0.39 is 11.7 Å². The summed E-state index contributed by atoms with van der Waals surface area (Å²) in [5, 5.41) is 0.769. The number of ether oxygens (including phenoxy) is 1. The third-order valence-electron chi connectivity index (χ3n) is 7.20. The normalized spacial score (nSPS) is 23.9. The summed E-state index contributed by atoms with van der Waals surface area (Å²) >= 11 is 6.09. The molecular formula is C25H29ClF3NO. The maximum atomic E-state index is 12.7. The number of nitrogens with zero attached hydrogens (tertiary/aromatic N) is 1. The number of halogens is 4. The van der Waals surface area contributed by atoms with Crippen LogP contribution in [0.5, 0.6) is 5.75 Å². The minimum atomic E-state index is -4.32. The van der Waals surface area contributed by atoms with Crippen molar-refractivity contribution in [3.63, 3.8) is 0 Å². The summed E-state index contributed by atoms with van der Waals surface area (Å²) in [4.78, 5) is 2.58. The predicted molar refractivity (Wildman–Crippen MR) is 118 cm³/mol. The van der Waals surface area contributed by atoms with E-state index in [9.17, 15) is 13.2 Å². The van der Waals surface area contributed by atoms with E-state index in [0.717, 1.165) is 43.1 Å². The largest absolute Gasteiger partial charge is 0.493 e. The van der Waals surface area contributed by atoms with Crippen molar-refractivity contribution >= 4 is 11.6 Å². The van der Waals surface area contributed by atoms with Gasteiger partial charge in [-0.25, -0.2) is 0 Å². The highest BCUT2D eigenvalue weighted by atomic mass is 35.5. The molecule has 6 heteroatoms. The average molecular weight is 452 g/mol. The van der Waals surface area contributed by atoms with Gasteiger partial charge in [0.15, 0.2) is 0 Å². The first kappa shape index (κ1) is 22.5. The summed E-state index contributed by atoms with van der Waals surface area (Å²) in [7, 11) is 0. The first-order valence-corrected chi connectivity index (χ1v) is 11.4. The van der Waals surface area contributed by atoms with Crippen LogP contribution in [0.15, 0.2) is 48.5 Å². The summed E-state index contributed by atoms with van der Waals surface area (Å²) < 4.78 is 44.1. The van der Waals surface area contributed by atoms with E-state index in [1.54, 1.807) is 0 Å². The number of hydrogen-bond donors (Lipinski definition) is 0. The van der Waals surface area contributed by atoms with Gasteiger partial charge in [0.2, 0.25) is 0 Å². The lowest BCUT2D eigenvalue weighted by atomic mass is 9.63. The van der Waals surface area contributed by atoms with Gasteiger partial charge in [-0.05, 0) is 81.1 Å². The molecule has 0 spiro atoms. The fourth-order valence-electron chi connectivity index (χ4n) is 5.02. The Morgan fingerprint density at radius 2 is 1.71 bits per heavy atom. The van der Waals surface area contributed by atoms with Gasteiger partial charge in [-0.2, -0.15) is 13.2 Å². The van der Waals surface area contributed by atoms with Crippen LogP contribution in [0.1, 0.15) is 50.2 Å². The lowest BCUT2D eigenvalue weighted by Crippen LogP contribution is -2.53. The Bertz CT molecular complexity index is 862. The molecule has 2 aliphatic rings. The third kappa shape index (κ3) is 5.04. The van der Waals surface area contributed by atoms with E-state index in [1.165, 1.54) is 37.0 Å². The molecule has 0 radical (unpaired) electrons. The highest BCUT2D eigenvalue weighted by molar-refractivity contribution is 6.30. The monoisotopic (exact) mass is 451 g/mol. The Kier molecular flexibility index (Phi) is 6.55. The molecule has 0 aromatic heterocycles. The zero-order chi connectivity index (χ0) is 22.1. The molecular weight excluding hydrogens is 423 g/mol. The van der Waals surface area contributed by atoms with Crippen LogP contribution in [-0.2, 0) is 11.6 Å². The second-order valence-electron chi connectivity index (χ2n) is 9.09. The quantitative estimate of drug-likeness (QED) is 0.470. The number of likely N-dealkylation sites (tertiary alicyclic amines) is 1. The van der Waals surface area contributed by atoms with Crippen LogP contribution in [-0.4, -0.2) is 30.6 Å². The van der Waals surface area contributed by atoms with E-state index in [2.05, 4.69) is 24.0 Å². The van der Waals surface area contributed by atoms with E-state index in [0.29, 0.717) is 24.3 Å². The number of hydrogen-bond acceptors (Lipinski definition) is 2. The number of alkyl halides is 3. The van der Waals surface area contributed by atoms with Gasteiger partial charge in [0.05, 0.1) is 12.2 Å². The molecule has 2 fully saturated rings. The summed E-state index contributed by atoms with van der Waals surface area (Å²) in [5.74, 6) is 0.854. The Morgan fingerprint density at radius 1 is 1.03 bits per heavy atom. The molecule has 2 unspecified atom stereocenters. The van der Waals surface area contributed by atoms with Gasteiger partial charge in [-0.3, -0.25) is 4.90 Å². The van der Waals surface area contributed by atoms with E-state index >= 15 is 0 Å². The van der Waals surface area contributed by atoms with Crippen LogP contribution in [0.4, 0.5) is 13.2 Å². The van der Waals surface area contributed by atoms with Crippen molar-refractivity contribution in [1.29, 1.82) is 0 Å². The molecule has 168 valence electrons. The Labute approximate surface area is 187 Å². The fraction of sp³-hybridized carbons (Fsp3) is 0.520. The molecule has 0 amide bonds. The van der Waals surface area contributed by atoms with Gasteiger partial charge in [-0.15, -0.1) is 0 Å². The number of benzene rings is 2. The van der Waals surface area contributed by atoms with Gasteiger partial charge in [0.1, 0.15) is 5.75 Å². The summed E-state index contributed by atoms with van der Waals surface area (Å²) in [6, 6.07) is 13.7. The fourth-order valence-corrected chi connectivity index (χ4v) is 5.15. The molecule has 1 aliphatic carbocycles. The third-order valence-corrected chi connectivity index (χ3v) is 7.45. The van der Waals surface area contributed by atoms with Gasteiger partial charge >= 0.3 is 6.18 Å². The standard InChI is InChI=1S/C25H29ClF3NO/c1-18-19(16-31-23-11-7-21(8-12-23)25(27,28)29)4-2-15-30(18)17-24(13-3-14-24)20-5-9-22(26)10-6-20/h5-12,18-19H,2-4,13-17H2,1H3. The minimum absolute atomic E-state index is 0.203. The molecule has 2 nitrogen and oxygen atoms in total. The maximum absolute atomic E-state index is 12.7. The lowest BCUT2D eigenvalue weighted by molar-refractivity contribution is -0.137. The lowest BCUT2D eigenvalue weighted by Gasteiger charge is -2.49. The molecule has 1 saturated carbocycles. The Hall–Kier alpha value is -1.72. The molecule has 0 bridgehead atoms. The number of piperidine rings is 1. The highest BCUT2D eigenvalue weighted by Gasteiger charge is 2.42. The van der Waals surface area contributed by atoms with E-state index in [-0.39, 0.29) is 5.41 Å². The molecule has 2 aromatic rings. The Balaban J connectivity index is 1.37. The topological polar surface area (TPSA) is 12.5 Å². The first-order valence-electron chi connectivity index (χ1n) is 11.1. The average Bonchev–Trinajstić information content (AvgIpc) is 2.71. The van der Waals surface area contributed by atoms with E-state index in [1.807, 2.05) is 12.1 Å². The van der Waals surface area contributed by atoms with Crippen molar-refractivity contribution < 1.29 is 17.9 Å². The maximum Gasteiger partial charge on any atom is 0.416 e. The van der Waals surface area contributed by atoms with Crippen LogP contribution < -0.4 is 4.74 Å². The molecule has 1 aliphatic heterocycles. The molecule has 2 aromatic carbocycles. The smallest absolute Gasteiger partial charge is 0.416 e. The van der Waals surface area contributed by atoms with Gasteiger partial charge in [0, 0.05) is 28.9 Å². The zero-order valence-corrected chi connectivity index (χ0v) is 18.6. The SMILES string of the molecule is CC1C(COc2ccc(C(F)(F)F)cc2)CCCN1CC1(c2ccc(Cl)cc2)CCC1. The van der Waals surface area contributed by atoms with Crippen molar-refractivity contribution in [1.82, 2.24) is 4.90 Å². The van der Waals surface area contributed by atoms with Crippen molar-refractivity contribution in [3.8, 4) is 5.75 Å². The van der Waals surface area contributed by atoms with Crippen molar-refractivity contribution in [2.24, 2.45) is 5.92 Å². The van der Waals surface area contributed by atoms with Crippen LogP contribution in [0, 0.1) is 5.92 Å². The zero-order valence-electron chi connectivity index (χ0n) is 17.8. The number of rotatable bonds is 6. The second-order valence-corrected chi connectivity index (χ2v) is 9.52. The molecule has 0 N–H and O–H groups in total. The van der Waals surface area contributed by atoms with Gasteiger partial charge in [0.25, 0.3) is 0 Å². The van der Waals surface area contributed by atoms with Crippen molar-refractivity contribution in [3.05, 3.63) is 64.7 Å². The summed E-state index contributed by atoms with van der Waals surface area (Å²) in [5.41, 5.74) is 0.929. The highest BCUT2D eigenvalue weighted by Crippen LogP contribution is 2.45. The molecule has 1 heterocycles. The Morgan fingerprint density at radius 3 is 2.29 bits per heavy atom.